The average molecular weight is 418 g/mol. The lowest BCUT2D eigenvalue weighted by molar-refractivity contribution is -0.138. The zero-order valence-electron chi connectivity index (χ0n) is 15.0. The van der Waals surface area contributed by atoms with E-state index in [1.54, 1.807) is 0 Å². The Kier molecular flexibility index (Phi) is 5.31. The Morgan fingerprint density at radius 1 is 1.36 bits per heavy atom. The lowest BCUT2D eigenvalue weighted by Gasteiger charge is -2.36. The molecule has 6 nitrogen and oxygen atoms in total. The number of hydrogen-bond acceptors (Lipinski definition) is 3. The third kappa shape index (κ3) is 3.55. The molecule has 1 saturated heterocycles. The number of nitrogens with one attached hydrogen (secondary N) is 2. The van der Waals surface area contributed by atoms with Crippen molar-refractivity contribution in [2.24, 2.45) is 5.92 Å². The average Bonchev–Trinajstić information content (AvgIpc) is 2.83. The minimum atomic E-state index is -4.73. The molecule has 1 aliphatic heterocycles. The number of amides is 4. The SMILES string of the molecule is C[C@H]1CCCC[C@]12NC(=O)N(CC(=O)Nc1c(Cl)cccc1C(F)(F)F)C2=O. The van der Waals surface area contributed by atoms with Crippen molar-refractivity contribution in [1.82, 2.24) is 10.2 Å². The minimum Gasteiger partial charge on any atom is -0.323 e. The Balaban J connectivity index is 1.78. The molecule has 0 aromatic heterocycles. The summed E-state index contributed by atoms with van der Waals surface area (Å²) in [6.45, 7) is 1.17. The third-order valence-corrected chi connectivity index (χ3v) is 5.70. The smallest absolute Gasteiger partial charge is 0.323 e. The van der Waals surface area contributed by atoms with Crippen LogP contribution in [0.2, 0.25) is 5.02 Å². The molecule has 152 valence electrons. The molecule has 0 bridgehead atoms. The molecule has 1 saturated carbocycles. The summed E-state index contributed by atoms with van der Waals surface area (Å²) < 4.78 is 39.5. The number of rotatable bonds is 3. The first-order valence-corrected chi connectivity index (χ1v) is 9.24. The normalized spacial score (nSPS) is 25.2. The van der Waals surface area contributed by atoms with Crippen LogP contribution in [-0.2, 0) is 15.8 Å². The molecule has 2 aliphatic rings. The molecule has 28 heavy (non-hydrogen) atoms. The maximum absolute atomic E-state index is 13.2. The highest BCUT2D eigenvalue weighted by Crippen LogP contribution is 2.39. The fraction of sp³-hybridized carbons (Fsp3) is 0.500. The van der Waals surface area contributed by atoms with Crippen molar-refractivity contribution in [3.05, 3.63) is 28.8 Å². The molecule has 1 aromatic carbocycles. The summed E-state index contributed by atoms with van der Waals surface area (Å²) in [6, 6.07) is 2.39. The molecule has 1 aromatic rings. The number of para-hydroxylation sites is 1. The number of alkyl halides is 3. The van der Waals surface area contributed by atoms with Crippen molar-refractivity contribution in [3.8, 4) is 0 Å². The van der Waals surface area contributed by atoms with Crippen LogP contribution >= 0.6 is 11.6 Å². The molecule has 0 unspecified atom stereocenters. The predicted molar refractivity (Wildman–Crippen MR) is 95.7 cm³/mol. The van der Waals surface area contributed by atoms with Crippen LogP contribution in [0, 0.1) is 5.92 Å². The van der Waals surface area contributed by atoms with Crippen molar-refractivity contribution >= 4 is 35.1 Å². The monoisotopic (exact) mass is 417 g/mol. The fourth-order valence-corrected chi connectivity index (χ4v) is 4.07. The van der Waals surface area contributed by atoms with Gasteiger partial charge in [0.15, 0.2) is 0 Å². The standard InChI is InChI=1S/C18H19ClF3N3O3/c1-10-5-2-3-8-17(10)15(27)25(16(28)24-17)9-13(26)23-14-11(18(20,21)22)6-4-7-12(14)19/h4,6-7,10H,2-3,5,8-9H2,1H3,(H,23,26)(H,24,28)/t10-,17-/m0/s1. The lowest BCUT2D eigenvalue weighted by Crippen LogP contribution is -2.54. The van der Waals surface area contributed by atoms with E-state index in [0.717, 1.165) is 36.3 Å². The van der Waals surface area contributed by atoms with Gasteiger partial charge in [-0.25, -0.2) is 4.79 Å². The van der Waals surface area contributed by atoms with E-state index < -0.39 is 47.4 Å². The Hall–Kier alpha value is -2.29. The van der Waals surface area contributed by atoms with Gasteiger partial charge >= 0.3 is 12.2 Å². The van der Waals surface area contributed by atoms with Crippen molar-refractivity contribution in [3.63, 3.8) is 0 Å². The van der Waals surface area contributed by atoms with Gasteiger partial charge in [-0.15, -0.1) is 0 Å². The number of carbonyl (C=O) groups is 3. The van der Waals surface area contributed by atoms with Crippen molar-refractivity contribution in [2.75, 3.05) is 11.9 Å². The van der Waals surface area contributed by atoms with Gasteiger partial charge in [-0.3, -0.25) is 14.5 Å². The first-order valence-electron chi connectivity index (χ1n) is 8.86. The minimum absolute atomic E-state index is 0.0915. The molecule has 3 rings (SSSR count). The molecule has 10 heteroatoms. The lowest BCUT2D eigenvalue weighted by atomic mass is 9.73. The van der Waals surface area contributed by atoms with Crippen LogP contribution in [-0.4, -0.2) is 34.8 Å². The zero-order valence-corrected chi connectivity index (χ0v) is 15.8. The second kappa shape index (κ2) is 7.27. The van der Waals surface area contributed by atoms with Crippen LogP contribution in [0.3, 0.4) is 0 Å². The van der Waals surface area contributed by atoms with Crippen LogP contribution in [0.1, 0.15) is 38.2 Å². The number of anilines is 1. The Labute approximate surface area is 164 Å². The van der Waals surface area contributed by atoms with Gasteiger partial charge < -0.3 is 10.6 Å². The largest absolute Gasteiger partial charge is 0.418 e. The molecular formula is C18H19ClF3N3O3. The molecule has 1 heterocycles. The quantitative estimate of drug-likeness (QED) is 0.734. The van der Waals surface area contributed by atoms with Crippen molar-refractivity contribution < 1.29 is 27.6 Å². The Bertz CT molecular complexity index is 830. The molecule has 1 aliphatic carbocycles. The van der Waals surface area contributed by atoms with Crippen LogP contribution < -0.4 is 10.6 Å². The van der Waals surface area contributed by atoms with Gasteiger partial charge in [0.2, 0.25) is 5.91 Å². The second-order valence-electron chi connectivity index (χ2n) is 7.15. The van der Waals surface area contributed by atoms with Gasteiger partial charge in [0, 0.05) is 0 Å². The van der Waals surface area contributed by atoms with Gasteiger partial charge in [-0.05, 0) is 30.9 Å². The first-order chi connectivity index (χ1) is 13.1. The molecule has 0 radical (unpaired) electrons. The third-order valence-electron chi connectivity index (χ3n) is 5.39. The highest BCUT2D eigenvalue weighted by atomic mass is 35.5. The zero-order chi connectivity index (χ0) is 20.7. The highest BCUT2D eigenvalue weighted by molar-refractivity contribution is 6.34. The summed E-state index contributed by atoms with van der Waals surface area (Å²) >= 11 is 5.81. The number of urea groups is 1. The first kappa shape index (κ1) is 20.4. The summed E-state index contributed by atoms with van der Waals surface area (Å²) in [7, 11) is 0. The van der Waals surface area contributed by atoms with E-state index in [9.17, 15) is 27.6 Å². The van der Waals surface area contributed by atoms with Gasteiger partial charge in [-0.1, -0.05) is 37.4 Å². The van der Waals surface area contributed by atoms with Crippen LogP contribution in [0.5, 0.6) is 0 Å². The summed E-state index contributed by atoms with van der Waals surface area (Å²) in [5.74, 6) is -1.55. The van der Waals surface area contributed by atoms with Crippen molar-refractivity contribution in [1.29, 1.82) is 0 Å². The summed E-state index contributed by atoms with van der Waals surface area (Å²) in [6.07, 6.45) is -1.78. The number of nitrogens with zero attached hydrogens (tertiary/aromatic N) is 1. The van der Waals surface area contributed by atoms with E-state index in [1.807, 2.05) is 6.92 Å². The number of imide groups is 1. The fourth-order valence-electron chi connectivity index (χ4n) is 3.85. The van der Waals surface area contributed by atoms with E-state index in [1.165, 1.54) is 6.07 Å². The van der Waals surface area contributed by atoms with Crippen molar-refractivity contribution in [2.45, 2.75) is 44.3 Å². The highest BCUT2D eigenvalue weighted by Gasteiger charge is 2.55. The number of benzene rings is 1. The van der Waals surface area contributed by atoms with E-state index in [2.05, 4.69) is 10.6 Å². The topological polar surface area (TPSA) is 78.5 Å². The van der Waals surface area contributed by atoms with Gasteiger partial charge in [-0.2, -0.15) is 13.2 Å². The Morgan fingerprint density at radius 3 is 2.71 bits per heavy atom. The van der Waals surface area contributed by atoms with Gasteiger partial charge in [0.25, 0.3) is 5.91 Å². The number of halogens is 4. The number of carbonyl (C=O) groups excluding carboxylic acids is 3. The summed E-state index contributed by atoms with van der Waals surface area (Å²) in [5.41, 5.74) is -2.76. The molecule has 2 atom stereocenters. The maximum Gasteiger partial charge on any atom is 0.418 e. The van der Waals surface area contributed by atoms with Crippen LogP contribution in [0.15, 0.2) is 18.2 Å². The molecule has 2 N–H and O–H groups in total. The molecule has 4 amide bonds. The predicted octanol–water partition coefficient (Wildman–Crippen LogP) is 3.80. The van der Waals surface area contributed by atoms with Crippen LogP contribution in [0.4, 0.5) is 23.7 Å². The van der Waals surface area contributed by atoms with Crippen LogP contribution in [0.25, 0.3) is 0 Å². The summed E-state index contributed by atoms with van der Waals surface area (Å²) in [5, 5.41) is 4.48. The number of hydrogen-bond donors (Lipinski definition) is 2. The summed E-state index contributed by atoms with van der Waals surface area (Å²) in [4.78, 5) is 38.2. The molecule has 2 fully saturated rings. The van der Waals surface area contributed by atoms with E-state index in [0.29, 0.717) is 6.42 Å². The van der Waals surface area contributed by atoms with E-state index in [-0.39, 0.29) is 10.9 Å². The second-order valence-corrected chi connectivity index (χ2v) is 7.56. The molecule has 1 spiro atoms. The van der Waals surface area contributed by atoms with E-state index in [4.69, 9.17) is 11.6 Å². The van der Waals surface area contributed by atoms with Gasteiger partial charge in [0.1, 0.15) is 12.1 Å². The Morgan fingerprint density at radius 2 is 2.07 bits per heavy atom. The van der Waals surface area contributed by atoms with Gasteiger partial charge in [0.05, 0.1) is 16.3 Å². The molecular weight excluding hydrogens is 399 g/mol. The van der Waals surface area contributed by atoms with E-state index >= 15 is 0 Å². The maximum atomic E-state index is 13.2.